The first-order valence-electron chi connectivity index (χ1n) is 7.66. The first-order valence-corrected chi connectivity index (χ1v) is 7.66. The quantitative estimate of drug-likeness (QED) is 0.622. The van der Waals surface area contributed by atoms with Crippen molar-refractivity contribution in [2.45, 2.75) is 6.92 Å². The van der Waals surface area contributed by atoms with Gasteiger partial charge in [-0.05, 0) is 36.1 Å². The molecule has 0 fully saturated rings. The van der Waals surface area contributed by atoms with Gasteiger partial charge in [0.1, 0.15) is 19.0 Å². The Bertz CT molecular complexity index is 790. The van der Waals surface area contributed by atoms with Crippen LogP contribution in [0.25, 0.3) is 10.8 Å². The Hall–Kier alpha value is -2.68. The van der Waals surface area contributed by atoms with Crippen molar-refractivity contribution >= 4 is 10.8 Å². The summed E-state index contributed by atoms with van der Waals surface area (Å²) in [6.45, 7) is 2.96. The van der Waals surface area contributed by atoms with Crippen molar-refractivity contribution in [1.82, 2.24) is 0 Å². The van der Waals surface area contributed by atoms with Crippen molar-refractivity contribution in [3.8, 4) is 17.2 Å². The molecule has 0 amide bonds. The largest absolute Gasteiger partial charge is 0.493 e. The van der Waals surface area contributed by atoms with Crippen LogP contribution in [0.2, 0.25) is 0 Å². The van der Waals surface area contributed by atoms with Gasteiger partial charge in [-0.2, -0.15) is 0 Å². The van der Waals surface area contributed by atoms with Crippen LogP contribution in [0.3, 0.4) is 0 Å². The Morgan fingerprint density at radius 3 is 2.30 bits per heavy atom. The van der Waals surface area contributed by atoms with Gasteiger partial charge < -0.3 is 14.2 Å². The summed E-state index contributed by atoms with van der Waals surface area (Å²) in [7, 11) is 1.65. The van der Waals surface area contributed by atoms with Crippen molar-refractivity contribution in [2.75, 3.05) is 20.3 Å². The molecular formula is C20H20O3. The van der Waals surface area contributed by atoms with Crippen LogP contribution in [-0.4, -0.2) is 20.3 Å². The zero-order chi connectivity index (χ0) is 16.1. The lowest BCUT2D eigenvalue weighted by molar-refractivity contribution is 0.212. The third-order valence-corrected chi connectivity index (χ3v) is 3.67. The van der Waals surface area contributed by atoms with Crippen molar-refractivity contribution in [2.24, 2.45) is 0 Å². The van der Waals surface area contributed by atoms with Crippen LogP contribution in [0, 0.1) is 6.92 Å². The highest BCUT2D eigenvalue weighted by atomic mass is 16.5. The number of hydrogen-bond acceptors (Lipinski definition) is 3. The maximum atomic E-state index is 5.87. The summed E-state index contributed by atoms with van der Waals surface area (Å²) in [6, 6.07) is 20.1. The number of aryl methyl sites for hydroxylation is 1. The number of methoxy groups -OCH3 is 1. The first kappa shape index (κ1) is 15.2. The van der Waals surface area contributed by atoms with Crippen molar-refractivity contribution in [3.05, 3.63) is 66.2 Å². The van der Waals surface area contributed by atoms with E-state index in [-0.39, 0.29) is 0 Å². The molecule has 0 radical (unpaired) electrons. The third-order valence-electron chi connectivity index (χ3n) is 3.67. The monoisotopic (exact) mass is 308 g/mol. The molecule has 0 aliphatic rings. The molecule has 0 atom stereocenters. The van der Waals surface area contributed by atoms with Gasteiger partial charge in [-0.15, -0.1) is 0 Å². The predicted octanol–water partition coefficient (Wildman–Crippen LogP) is 4.61. The molecule has 3 aromatic carbocycles. The molecule has 0 spiro atoms. The van der Waals surface area contributed by atoms with E-state index in [1.54, 1.807) is 7.11 Å². The molecule has 0 bridgehead atoms. The fourth-order valence-corrected chi connectivity index (χ4v) is 2.52. The van der Waals surface area contributed by atoms with E-state index in [0.29, 0.717) is 13.2 Å². The van der Waals surface area contributed by atoms with E-state index in [1.807, 2.05) is 49.4 Å². The molecule has 23 heavy (non-hydrogen) atoms. The predicted molar refractivity (Wildman–Crippen MR) is 92.7 cm³/mol. The van der Waals surface area contributed by atoms with Crippen LogP contribution in [-0.2, 0) is 0 Å². The molecule has 0 saturated carbocycles. The Morgan fingerprint density at radius 2 is 1.48 bits per heavy atom. The molecule has 3 heteroatoms. The minimum Gasteiger partial charge on any atom is -0.493 e. The van der Waals surface area contributed by atoms with E-state index in [9.17, 15) is 0 Å². The normalized spacial score (nSPS) is 10.5. The average molecular weight is 308 g/mol. The van der Waals surface area contributed by atoms with E-state index >= 15 is 0 Å². The van der Waals surface area contributed by atoms with Gasteiger partial charge in [0.15, 0.2) is 11.5 Å². The standard InChI is InChI=1S/C20H20O3/c1-15-10-11-19(20(14-15)21-2)23-13-12-22-18-9-5-7-16-6-3-4-8-17(16)18/h3-11,14H,12-13H2,1-2H3. The number of benzene rings is 3. The minimum absolute atomic E-state index is 0.461. The highest BCUT2D eigenvalue weighted by molar-refractivity contribution is 5.88. The first-order chi connectivity index (χ1) is 11.3. The van der Waals surface area contributed by atoms with Crippen LogP contribution in [0.1, 0.15) is 5.56 Å². The van der Waals surface area contributed by atoms with Crippen LogP contribution >= 0.6 is 0 Å². The number of rotatable bonds is 6. The fourth-order valence-electron chi connectivity index (χ4n) is 2.52. The number of fused-ring (bicyclic) bond motifs is 1. The smallest absolute Gasteiger partial charge is 0.161 e. The summed E-state index contributed by atoms with van der Waals surface area (Å²) in [5.74, 6) is 2.36. The second-order valence-electron chi connectivity index (χ2n) is 5.33. The second kappa shape index (κ2) is 7.05. The molecule has 3 nitrogen and oxygen atoms in total. The lowest BCUT2D eigenvalue weighted by Crippen LogP contribution is -2.09. The average Bonchev–Trinajstić information content (AvgIpc) is 2.59. The van der Waals surface area contributed by atoms with Crippen molar-refractivity contribution < 1.29 is 14.2 Å². The minimum atomic E-state index is 0.461. The summed E-state index contributed by atoms with van der Waals surface area (Å²) >= 11 is 0. The highest BCUT2D eigenvalue weighted by Crippen LogP contribution is 2.28. The number of ether oxygens (including phenoxy) is 3. The van der Waals surface area contributed by atoms with Gasteiger partial charge in [0.25, 0.3) is 0 Å². The van der Waals surface area contributed by atoms with Gasteiger partial charge in [0.2, 0.25) is 0 Å². The van der Waals surface area contributed by atoms with E-state index in [4.69, 9.17) is 14.2 Å². The Balaban J connectivity index is 1.61. The molecular weight excluding hydrogens is 288 g/mol. The molecule has 0 saturated heterocycles. The van der Waals surface area contributed by atoms with Gasteiger partial charge in [0.05, 0.1) is 7.11 Å². The topological polar surface area (TPSA) is 27.7 Å². The van der Waals surface area contributed by atoms with E-state index in [0.717, 1.165) is 28.2 Å². The molecule has 0 N–H and O–H groups in total. The SMILES string of the molecule is COc1cc(C)ccc1OCCOc1cccc2ccccc12. The third kappa shape index (κ3) is 3.57. The second-order valence-corrected chi connectivity index (χ2v) is 5.33. The molecule has 0 heterocycles. The summed E-state index contributed by atoms with van der Waals surface area (Å²) in [5.41, 5.74) is 1.14. The van der Waals surface area contributed by atoms with E-state index in [2.05, 4.69) is 18.2 Å². The molecule has 118 valence electrons. The summed E-state index contributed by atoms with van der Waals surface area (Å²) < 4.78 is 17.0. The number of hydrogen-bond donors (Lipinski definition) is 0. The molecule has 0 aromatic heterocycles. The summed E-state index contributed by atoms with van der Waals surface area (Å²) in [5, 5.41) is 2.29. The molecule has 3 aromatic rings. The molecule has 0 aliphatic carbocycles. The molecule has 0 aliphatic heterocycles. The van der Waals surface area contributed by atoms with Crippen LogP contribution in [0.15, 0.2) is 60.7 Å². The maximum Gasteiger partial charge on any atom is 0.161 e. The van der Waals surface area contributed by atoms with Crippen LogP contribution in [0.5, 0.6) is 17.2 Å². The van der Waals surface area contributed by atoms with Crippen LogP contribution in [0.4, 0.5) is 0 Å². The Kier molecular flexibility index (Phi) is 4.67. The van der Waals surface area contributed by atoms with Gasteiger partial charge >= 0.3 is 0 Å². The van der Waals surface area contributed by atoms with Crippen molar-refractivity contribution in [1.29, 1.82) is 0 Å². The molecule has 0 unspecified atom stereocenters. The van der Waals surface area contributed by atoms with Crippen molar-refractivity contribution in [3.63, 3.8) is 0 Å². The lowest BCUT2D eigenvalue weighted by atomic mass is 10.1. The highest BCUT2D eigenvalue weighted by Gasteiger charge is 2.05. The maximum absolute atomic E-state index is 5.87. The Labute approximate surface area is 136 Å². The van der Waals surface area contributed by atoms with Crippen LogP contribution < -0.4 is 14.2 Å². The van der Waals surface area contributed by atoms with E-state index in [1.165, 1.54) is 5.39 Å². The summed E-state index contributed by atoms with van der Waals surface area (Å²) in [4.78, 5) is 0. The van der Waals surface area contributed by atoms with Gasteiger partial charge in [-0.3, -0.25) is 0 Å². The van der Waals surface area contributed by atoms with Gasteiger partial charge in [-0.25, -0.2) is 0 Å². The lowest BCUT2D eigenvalue weighted by Gasteiger charge is -2.13. The van der Waals surface area contributed by atoms with Gasteiger partial charge in [0, 0.05) is 5.39 Å². The Morgan fingerprint density at radius 1 is 0.739 bits per heavy atom. The zero-order valence-corrected chi connectivity index (χ0v) is 13.4. The van der Waals surface area contributed by atoms with Gasteiger partial charge in [-0.1, -0.05) is 42.5 Å². The molecule has 3 rings (SSSR count). The summed E-state index contributed by atoms with van der Waals surface area (Å²) in [6.07, 6.45) is 0. The zero-order valence-electron chi connectivity index (χ0n) is 13.4. The van der Waals surface area contributed by atoms with E-state index < -0.39 is 0 Å². The fraction of sp³-hybridized carbons (Fsp3) is 0.200.